The maximum atomic E-state index is 11.4. The summed E-state index contributed by atoms with van der Waals surface area (Å²) in [4.78, 5) is 0. The molecule has 0 aliphatic carbocycles. The number of rotatable bonds is 13. The predicted octanol–water partition coefficient (Wildman–Crippen LogP) is 7.10. The van der Waals surface area contributed by atoms with E-state index in [1.807, 2.05) is 39.8 Å². The first-order chi connectivity index (χ1) is 20.7. The van der Waals surface area contributed by atoms with Crippen LogP contribution in [-0.4, -0.2) is 62.1 Å². The Hall–Kier alpha value is -1.58. The van der Waals surface area contributed by atoms with E-state index in [2.05, 4.69) is 76.2 Å². The van der Waals surface area contributed by atoms with Crippen molar-refractivity contribution in [2.24, 2.45) is 0 Å². The van der Waals surface area contributed by atoms with Crippen LogP contribution in [0, 0.1) is 0 Å². The lowest BCUT2D eigenvalue weighted by atomic mass is 9.94. The van der Waals surface area contributed by atoms with E-state index in [1.165, 1.54) is 29.6 Å². The van der Waals surface area contributed by atoms with E-state index < -0.39 is 26.0 Å². The summed E-state index contributed by atoms with van der Waals surface area (Å²) in [5.41, 5.74) is 0. The summed E-state index contributed by atoms with van der Waals surface area (Å²) >= 11 is 0. The lowest BCUT2D eigenvalue weighted by Crippen LogP contribution is -2.67. The second-order valence-electron chi connectivity index (χ2n) is 14.8. The Labute approximate surface area is 267 Å². The molecule has 0 bridgehead atoms. The van der Waals surface area contributed by atoms with Crippen molar-refractivity contribution in [2.75, 3.05) is 6.61 Å². The molecule has 0 aromatic heterocycles. The zero-order valence-corrected chi connectivity index (χ0v) is 29.5. The standard InChI is InChI=1S/C37H58O6Si/c1-9-10-13-18-29-24-31(42-36(5,6)40-29)26-32-25-30(41-37(7,8)43-32)23-28(38)27-39-44(35(2,3)4,33-19-14-11-15-20-33)34-21-16-12-17-22-34/h11-12,14-17,19-22,28-32,38H,9-10,13,18,23-27H2,1-8H3/t28-,29+,30-,31+,32-/m0/s1. The smallest absolute Gasteiger partial charge is 0.261 e. The van der Waals surface area contributed by atoms with Crippen molar-refractivity contribution in [3.8, 4) is 0 Å². The van der Waals surface area contributed by atoms with Crippen LogP contribution in [0.1, 0.15) is 107 Å². The molecule has 0 spiro atoms. The minimum atomic E-state index is -2.74. The van der Waals surface area contributed by atoms with Gasteiger partial charge in [-0.1, -0.05) is 108 Å². The number of ether oxygens (including phenoxy) is 4. The van der Waals surface area contributed by atoms with Gasteiger partial charge in [-0.2, -0.15) is 0 Å². The number of unbranched alkanes of at least 4 members (excludes halogenated alkanes) is 2. The molecule has 6 nitrogen and oxygen atoms in total. The van der Waals surface area contributed by atoms with E-state index in [4.69, 9.17) is 23.4 Å². The van der Waals surface area contributed by atoms with Gasteiger partial charge in [-0.05, 0) is 49.5 Å². The highest BCUT2D eigenvalue weighted by Crippen LogP contribution is 2.38. The minimum Gasteiger partial charge on any atom is -0.405 e. The molecule has 7 heteroatoms. The second-order valence-corrected chi connectivity index (χ2v) is 19.1. The van der Waals surface area contributed by atoms with Crippen LogP contribution >= 0.6 is 0 Å². The van der Waals surface area contributed by atoms with Crippen LogP contribution in [0.25, 0.3) is 0 Å². The van der Waals surface area contributed by atoms with Gasteiger partial charge in [-0.3, -0.25) is 0 Å². The van der Waals surface area contributed by atoms with Crippen LogP contribution in [0.15, 0.2) is 60.7 Å². The molecule has 2 aromatic rings. The molecule has 0 unspecified atom stereocenters. The normalized spacial score (nSPS) is 26.3. The summed E-state index contributed by atoms with van der Waals surface area (Å²) in [7, 11) is -2.74. The highest BCUT2D eigenvalue weighted by atomic mass is 28.4. The third-order valence-corrected chi connectivity index (χ3v) is 14.0. The van der Waals surface area contributed by atoms with E-state index in [9.17, 15) is 5.11 Å². The van der Waals surface area contributed by atoms with Crippen molar-refractivity contribution >= 4 is 18.7 Å². The molecule has 0 amide bonds. The summed E-state index contributed by atoms with van der Waals surface area (Å²) < 4.78 is 32.4. The Morgan fingerprint density at radius 2 is 1.25 bits per heavy atom. The van der Waals surface area contributed by atoms with E-state index in [0.29, 0.717) is 12.8 Å². The number of aliphatic hydroxyl groups is 1. The predicted molar refractivity (Wildman–Crippen MR) is 180 cm³/mol. The summed E-state index contributed by atoms with van der Waals surface area (Å²) in [6.07, 6.45) is 6.98. The van der Waals surface area contributed by atoms with Gasteiger partial charge < -0.3 is 28.5 Å². The van der Waals surface area contributed by atoms with Gasteiger partial charge in [-0.15, -0.1) is 0 Å². The lowest BCUT2D eigenvalue weighted by molar-refractivity contribution is -0.326. The zero-order chi connectivity index (χ0) is 32.0. The SMILES string of the molecule is CCCCC[C@@H]1C[C@H](C[C@@H]2C[C@H](C[C@H](O)CO[Si](c3ccccc3)(c3ccccc3)C(C)(C)C)OC(C)(C)O2)OC(C)(C)O1. The van der Waals surface area contributed by atoms with Crippen LogP contribution < -0.4 is 10.4 Å². The van der Waals surface area contributed by atoms with Crippen LogP contribution in [-0.2, 0) is 23.4 Å². The second kappa shape index (κ2) is 14.9. The quantitative estimate of drug-likeness (QED) is 0.189. The molecule has 5 atom stereocenters. The Kier molecular flexibility index (Phi) is 11.9. The van der Waals surface area contributed by atoms with Gasteiger partial charge >= 0.3 is 0 Å². The Balaban J connectivity index is 1.43. The highest BCUT2D eigenvalue weighted by molar-refractivity contribution is 6.99. The van der Waals surface area contributed by atoms with Gasteiger partial charge in [0.25, 0.3) is 8.32 Å². The van der Waals surface area contributed by atoms with Gasteiger partial charge in [0.05, 0.1) is 37.1 Å². The molecule has 2 aliphatic heterocycles. The molecule has 246 valence electrons. The molecule has 2 heterocycles. The third kappa shape index (κ3) is 9.24. The van der Waals surface area contributed by atoms with E-state index in [0.717, 1.165) is 19.3 Å². The fourth-order valence-electron chi connectivity index (χ4n) is 7.32. The third-order valence-electron chi connectivity index (χ3n) is 8.95. The monoisotopic (exact) mass is 626 g/mol. The number of benzene rings is 2. The maximum Gasteiger partial charge on any atom is 0.261 e. The van der Waals surface area contributed by atoms with E-state index in [-0.39, 0.29) is 36.1 Å². The maximum absolute atomic E-state index is 11.4. The average Bonchev–Trinajstić information content (AvgIpc) is 2.92. The van der Waals surface area contributed by atoms with Gasteiger partial charge in [0, 0.05) is 25.7 Å². The van der Waals surface area contributed by atoms with Crippen molar-refractivity contribution in [3.05, 3.63) is 60.7 Å². The molecule has 2 fully saturated rings. The summed E-state index contributed by atoms with van der Waals surface area (Å²) in [6.45, 7) is 17.2. The molecule has 4 rings (SSSR count). The Morgan fingerprint density at radius 1 is 0.773 bits per heavy atom. The minimum absolute atomic E-state index is 0.0243. The molecule has 2 aromatic carbocycles. The van der Waals surface area contributed by atoms with Crippen LogP contribution in [0.2, 0.25) is 5.04 Å². The van der Waals surface area contributed by atoms with Gasteiger partial charge in [0.15, 0.2) is 11.6 Å². The van der Waals surface area contributed by atoms with Gasteiger partial charge in [-0.25, -0.2) is 0 Å². The highest BCUT2D eigenvalue weighted by Gasteiger charge is 2.50. The number of aliphatic hydroxyl groups excluding tert-OH is 1. The van der Waals surface area contributed by atoms with Crippen molar-refractivity contribution < 1.29 is 28.5 Å². The molecular formula is C37H58O6Si. The first-order valence-electron chi connectivity index (χ1n) is 16.9. The first kappa shape index (κ1) is 35.3. The molecule has 1 N–H and O–H groups in total. The molecule has 2 aliphatic rings. The molecule has 0 saturated carbocycles. The van der Waals surface area contributed by atoms with Gasteiger partial charge in [0.2, 0.25) is 0 Å². The lowest BCUT2D eigenvalue weighted by Gasteiger charge is -2.45. The summed E-state index contributed by atoms with van der Waals surface area (Å²) in [5.74, 6) is -1.35. The molecular weight excluding hydrogens is 568 g/mol. The summed E-state index contributed by atoms with van der Waals surface area (Å²) in [5, 5.41) is 13.7. The largest absolute Gasteiger partial charge is 0.405 e. The Morgan fingerprint density at radius 3 is 1.75 bits per heavy atom. The number of hydrogen-bond donors (Lipinski definition) is 1. The van der Waals surface area contributed by atoms with Crippen LogP contribution in [0.4, 0.5) is 0 Å². The van der Waals surface area contributed by atoms with Crippen molar-refractivity contribution in [3.63, 3.8) is 0 Å². The van der Waals surface area contributed by atoms with Crippen molar-refractivity contribution in [1.29, 1.82) is 0 Å². The zero-order valence-electron chi connectivity index (χ0n) is 28.5. The molecule has 44 heavy (non-hydrogen) atoms. The van der Waals surface area contributed by atoms with Gasteiger partial charge in [0.1, 0.15) is 0 Å². The summed E-state index contributed by atoms with van der Waals surface area (Å²) in [6, 6.07) is 21.1. The van der Waals surface area contributed by atoms with Crippen LogP contribution in [0.5, 0.6) is 0 Å². The van der Waals surface area contributed by atoms with E-state index >= 15 is 0 Å². The fourth-order valence-corrected chi connectivity index (χ4v) is 11.9. The van der Waals surface area contributed by atoms with Crippen molar-refractivity contribution in [1.82, 2.24) is 0 Å². The molecule has 0 radical (unpaired) electrons. The Bertz CT molecular complexity index is 1090. The van der Waals surface area contributed by atoms with Crippen LogP contribution in [0.3, 0.4) is 0 Å². The topological polar surface area (TPSA) is 66.4 Å². The number of hydrogen-bond acceptors (Lipinski definition) is 6. The fraction of sp³-hybridized carbons (Fsp3) is 0.676. The first-order valence-corrected chi connectivity index (χ1v) is 18.8. The molecule has 2 saturated heterocycles. The van der Waals surface area contributed by atoms with Crippen molar-refractivity contribution in [2.45, 2.75) is 154 Å². The van der Waals surface area contributed by atoms with E-state index in [1.54, 1.807) is 0 Å². The average molecular weight is 627 g/mol.